The lowest BCUT2D eigenvalue weighted by molar-refractivity contribution is 0.0746. The van der Waals surface area contributed by atoms with E-state index in [2.05, 4.69) is 4.90 Å². The minimum atomic E-state index is -0.342. The van der Waals surface area contributed by atoms with Crippen molar-refractivity contribution in [3.05, 3.63) is 64.4 Å². The van der Waals surface area contributed by atoms with Crippen LogP contribution in [0.15, 0.2) is 42.5 Å². The van der Waals surface area contributed by atoms with Crippen LogP contribution < -0.4 is 4.90 Å². The summed E-state index contributed by atoms with van der Waals surface area (Å²) in [5, 5.41) is 0.716. The number of para-hydroxylation sites is 1. The average Bonchev–Trinajstić information content (AvgIpc) is 2.57. The Morgan fingerprint density at radius 1 is 1.09 bits per heavy atom. The number of amides is 1. The van der Waals surface area contributed by atoms with E-state index in [4.69, 9.17) is 11.6 Å². The molecule has 23 heavy (non-hydrogen) atoms. The van der Waals surface area contributed by atoms with Gasteiger partial charge >= 0.3 is 0 Å². The second-order valence-corrected chi connectivity index (χ2v) is 6.10. The van der Waals surface area contributed by atoms with Gasteiger partial charge in [0.05, 0.1) is 10.7 Å². The van der Waals surface area contributed by atoms with Gasteiger partial charge in [-0.15, -0.1) is 0 Å². The summed E-state index contributed by atoms with van der Waals surface area (Å²) in [5.41, 5.74) is 1.94. The quantitative estimate of drug-likeness (QED) is 0.836. The van der Waals surface area contributed by atoms with Crippen LogP contribution in [-0.2, 0) is 0 Å². The highest BCUT2D eigenvalue weighted by Gasteiger charge is 2.23. The molecule has 1 saturated heterocycles. The second kappa shape index (κ2) is 6.59. The fourth-order valence-electron chi connectivity index (χ4n) is 2.77. The highest BCUT2D eigenvalue weighted by atomic mass is 35.5. The molecule has 1 aliphatic heterocycles. The number of carbonyl (C=O) groups excluding carboxylic acids is 1. The summed E-state index contributed by atoms with van der Waals surface area (Å²) >= 11 is 6.22. The van der Waals surface area contributed by atoms with Crippen molar-refractivity contribution < 1.29 is 9.18 Å². The Morgan fingerprint density at radius 2 is 1.78 bits per heavy atom. The van der Waals surface area contributed by atoms with Crippen LogP contribution in [0, 0.1) is 12.7 Å². The van der Waals surface area contributed by atoms with Crippen molar-refractivity contribution in [2.75, 3.05) is 31.1 Å². The molecule has 0 saturated carbocycles. The lowest BCUT2D eigenvalue weighted by Crippen LogP contribution is -2.48. The molecule has 0 bridgehead atoms. The van der Waals surface area contributed by atoms with Gasteiger partial charge in [0.25, 0.3) is 5.91 Å². The Bertz CT molecular complexity index is 727. The zero-order valence-electron chi connectivity index (χ0n) is 12.9. The number of aryl methyl sites for hydroxylation is 1. The number of nitrogens with zero attached hydrogens (tertiary/aromatic N) is 2. The maximum atomic E-state index is 13.6. The van der Waals surface area contributed by atoms with Crippen LogP contribution in [0.5, 0.6) is 0 Å². The molecule has 0 radical (unpaired) electrons. The van der Waals surface area contributed by atoms with Gasteiger partial charge in [-0.25, -0.2) is 4.39 Å². The standard InChI is InChI=1S/C18H18ClFN2O/c1-13-6-7-14(12-16(13)20)18(23)22-10-8-21(9-11-22)17-5-3-2-4-15(17)19/h2-7,12H,8-11H2,1H3. The van der Waals surface area contributed by atoms with E-state index < -0.39 is 0 Å². The number of hydrogen-bond acceptors (Lipinski definition) is 2. The van der Waals surface area contributed by atoms with Crippen LogP contribution >= 0.6 is 11.6 Å². The first-order chi connectivity index (χ1) is 11.1. The summed E-state index contributed by atoms with van der Waals surface area (Å²) in [6, 6.07) is 12.3. The van der Waals surface area contributed by atoms with Crippen molar-refractivity contribution in [3.63, 3.8) is 0 Å². The fraction of sp³-hybridized carbons (Fsp3) is 0.278. The molecule has 2 aromatic rings. The van der Waals surface area contributed by atoms with Crippen molar-refractivity contribution in [2.45, 2.75) is 6.92 Å². The van der Waals surface area contributed by atoms with Crippen LogP contribution in [0.1, 0.15) is 15.9 Å². The Balaban J connectivity index is 1.68. The number of halogens is 2. The largest absolute Gasteiger partial charge is 0.367 e. The fourth-order valence-corrected chi connectivity index (χ4v) is 3.02. The first-order valence-corrected chi connectivity index (χ1v) is 7.99. The topological polar surface area (TPSA) is 23.6 Å². The van der Waals surface area contributed by atoms with E-state index in [1.807, 2.05) is 24.3 Å². The maximum Gasteiger partial charge on any atom is 0.254 e. The molecule has 3 nitrogen and oxygen atoms in total. The zero-order valence-corrected chi connectivity index (χ0v) is 13.7. The summed E-state index contributed by atoms with van der Waals surface area (Å²) in [6.45, 7) is 4.30. The van der Waals surface area contributed by atoms with Crippen molar-refractivity contribution in [2.24, 2.45) is 0 Å². The van der Waals surface area contributed by atoms with Crippen molar-refractivity contribution in [3.8, 4) is 0 Å². The van der Waals surface area contributed by atoms with Crippen molar-refractivity contribution in [1.29, 1.82) is 0 Å². The molecule has 0 spiro atoms. The van der Waals surface area contributed by atoms with Gasteiger partial charge in [0.2, 0.25) is 0 Å². The molecular weight excluding hydrogens is 315 g/mol. The van der Waals surface area contributed by atoms with E-state index in [1.54, 1.807) is 24.0 Å². The van der Waals surface area contributed by atoms with Crippen LogP contribution in [-0.4, -0.2) is 37.0 Å². The van der Waals surface area contributed by atoms with Gasteiger partial charge in [0, 0.05) is 31.7 Å². The molecule has 1 aliphatic rings. The maximum absolute atomic E-state index is 13.6. The minimum absolute atomic E-state index is 0.122. The number of anilines is 1. The molecule has 120 valence electrons. The van der Waals surface area contributed by atoms with E-state index in [0.717, 1.165) is 5.69 Å². The third kappa shape index (κ3) is 3.32. The molecule has 5 heteroatoms. The van der Waals surface area contributed by atoms with Crippen LogP contribution in [0.25, 0.3) is 0 Å². The summed E-state index contributed by atoms with van der Waals surface area (Å²) in [5.74, 6) is -0.465. The van der Waals surface area contributed by atoms with Gasteiger partial charge in [-0.05, 0) is 36.8 Å². The molecule has 3 rings (SSSR count). The van der Waals surface area contributed by atoms with Gasteiger partial charge in [-0.3, -0.25) is 4.79 Å². The molecular formula is C18H18ClFN2O. The van der Waals surface area contributed by atoms with Gasteiger partial charge < -0.3 is 9.80 Å². The number of rotatable bonds is 2. The normalized spacial score (nSPS) is 14.9. The predicted molar refractivity (Wildman–Crippen MR) is 90.7 cm³/mol. The van der Waals surface area contributed by atoms with Crippen LogP contribution in [0.3, 0.4) is 0 Å². The van der Waals surface area contributed by atoms with Crippen molar-refractivity contribution in [1.82, 2.24) is 4.90 Å². The summed E-state index contributed by atoms with van der Waals surface area (Å²) in [7, 11) is 0. The van der Waals surface area contributed by atoms with Crippen LogP contribution in [0.4, 0.5) is 10.1 Å². The van der Waals surface area contributed by atoms with E-state index in [1.165, 1.54) is 6.07 Å². The van der Waals surface area contributed by atoms with E-state index in [-0.39, 0.29) is 11.7 Å². The lowest BCUT2D eigenvalue weighted by atomic mass is 10.1. The monoisotopic (exact) mass is 332 g/mol. The minimum Gasteiger partial charge on any atom is -0.367 e. The van der Waals surface area contributed by atoms with E-state index >= 15 is 0 Å². The average molecular weight is 333 g/mol. The van der Waals surface area contributed by atoms with Gasteiger partial charge in [-0.2, -0.15) is 0 Å². The Hall–Kier alpha value is -2.07. The predicted octanol–water partition coefficient (Wildman–Crippen LogP) is 3.75. The number of benzene rings is 2. The first-order valence-electron chi connectivity index (χ1n) is 7.61. The summed E-state index contributed by atoms with van der Waals surface area (Å²) in [4.78, 5) is 16.4. The Labute approximate surface area is 140 Å². The number of hydrogen-bond donors (Lipinski definition) is 0. The molecule has 0 aromatic heterocycles. The number of carbonyl (C=O) groups is 1. The molecule has 2 aromatic carbocycles. The third-order valence-corrected chi connectivity index (χ3v) is 4.50. The Kier molecular flexibility index (Phi) is 4.53. The molecule has 0 aliphatic carbocycles. The molecule has 0 atom stereocenters. The highest BCUT2D eigenvalue weighted by molar-refractivity contribution is 6.33. The van der Waals surface area contributed by atoms with Gasteiger partial charge in [0.15, 0.2) is 0 Å². The lowest BCUT2D eigenvalue weighted by Gasteiger charge is -2.36. The summed E-state index contributed by atoms with van der Waals surface area (Å²) in [6.07, 6.45) is 0. The molecule has 1 fully saturated rings. The molecule has 0 unspecified atom stereocenters. The smallest absolute Gasteiger partial charge is 0.254 e. The first kappa shape index (κ1) is 15.8. The van der Waals surface area contributed by atoms with Crippen LogP contribution in [0.2, 0.25) is 5.02 Å². The van der Waals surface area contributed by atoms with E-state index in [0.29, 0.717) is 42.3 Å². The second-order valence-electron chi connectivity index (χ2n) is 5.69. The molecule has 0 N–H and O–H groups in total. The Morgan fingerprint density at radius 3 is 2.43 bits per heavy atom. The number of piperazine rings is 1. The third-order valence-electron chi connectivity index (χ3n) is 4.18. The van der Waals surface area contributed by atoms with Gasteiger partial charge in [-0.1, -0.05) is 29.8 Å². The SMILES string of the molecule is Cc1ccc(C(=O)N2CCN(c3ccccc3Cl)CC2)cc1F. The molecule has 1 heterocycles. The van der Waals surface area contributed by atoms with Crippen molar-refractivity contribution >= 4 is 23.2 Å². The zero-order chi connectivity index (χ0) is 16.4. The van der Waals surface area contributed by atoms with E-state index in [9.17, 15) is 9.18 Å². The molecule has 1 amide bonds. The van der Waals surface area contributed by atoms with Gasteiger partial charge in [0.1, 0.15) is 5.82 Å². The highest BCUT2D eigenvalue weighted by Crippen LogP contribution is 2.26. The summed E-state index contributed by atoms with van der Waals surface area (Å²) < 4.78 is 13.6.